The highest BCUT2D eigenvalue weighted by Crippen LogP contribution is 2.37. The van der Waals surface area contributed by atoms with Crippen molar-refractivity contribution in [3.63, 3.8) is 0 Å². The van der Waals surface area contributed by atoms with Crippen molar-refractivity contribution in [2.45, 2.75) is 33.1 Å². The van der Waals surface area contributed by atoms with E-state index in [4.69, 9.17) is 4.98 Å². The van der Waals surface area contributed by atoms with Crippen molar-refractivity contribution in [1.29, 1.82) is 0 Å². The minimum absolute atomic E-state index is 0.710. The predicted molar refractivity (Wildman–Crippen MR) is 127 cm³/mol. The zero-order valence-electron chi connectivity index (χ0n) is 18.4. The lowest BCUT2D eigenvalue weighted by molar-refractivity contribution is 0.313. The highest BCUT2D eigenvalue weighted by atomic mass is 15.2. The number of aryl methyl sites for hydroxylation is 2. The number of aromatic nitrogens is 1. The van der Waals surface area contributed by atoms with Gasteiger partial charge in [0, 0.05) is 48.6 Å². The van der Waals surface area contributed by atoms with Gasteiger partial charge >= 0.3 is 0 Å². The molecule has 2 aromatic carbocycles. The lowest BCUT2D eigenvalue weighted by Gasteiger charge is -2.34. The van der Waals surface area contributed by atoms with Gasteiger partial charge in [0.2, 0.25) is 0 Å². The minimum atomic E-state index is 0.710. The van der Waals surface area contributed by atoms with Gasteiger partial charge in [-0.25, -0.2) is 0 Å². The van der Waals surface area contributed by atoms with Gasteiger partial charge in [0.05, 0.1) is 11.2 Å². The zero-order valence-corrected chi connectivity index (χ0v) is 18.4. The van der Waals surface area contributed by atoms with Crippen molar-refractivity contribution in [3.8, 4) is 0 Å². The lowest BCUT2D eigenvalue weighted by Crippen LogP contribution is -2.44. The molecule has 156 valence electrons. The summed E-state index contributed by atoms with van der Waals surface area (Å²) in [4.78, 5) is 9.90. The molecule has 1 aliphatic carbocycles. The van der Waals surface area contributed by atoms with Gasteiger partial charge in [0.1, 0.15) is 0 Å². The number of hydrogen-bond donors (Lipinski definition) is 1. The van der Waals surface area contributed by atoms with Gasteiger partial charge in [-0.2, -0.15) is 0 Å². The fourth-order valence-electron chi connectivity index (χ4n) is 4.83. The third-order valence-electron chi connectivity index (χ3n) is 6.76. The Balaban J connectivity index is 1.48. The van der Waals surface area contributed by atoms with Gasteiger partial charge in [-0.1, -0.05) is 18.6 Å². The standard InChI is InChI=1S/C26H32N4/c1-18-4-10-24-22(16-18)26(23-17-19(2)5-11-25(23)28-24)27-20-6-8-21(9-7-20)30-14-12-29(3)13-15-30/h4,6-10,16,19H,5,11-15,17H2,1-3H3,(H,27,28). The number of nitrogens with zero attached hydrogens (tertiary/aromatic N) is 3. The molecule has 0 radical (unpaired) electrons. The SMILES string of the molecule is Cc1ccc2nc3c(c(Nc4ccc(N5CCN(C)CC5)cc4)c2c1)CC(C)CC3. The molecule has 0 bridgehead atoms. The number of likely N-dealkylation sites (N-methyl/N-ethyl adjacent to an activating group) is 1. The minimum Gasteiger partial charge on any atom is -0.369 e. The molecule has 2 heterocycles. The van der Waals surface area contributed by atoms with E-state index >= 15 is 0 Å². The highest BCUT2D eigenvalue weighted by molar-refractivity contribution is 5.96. The maximum absolute atomic E-state index is 5.02. The van der Waals surface area contributed by atoms with E-state index in [1.165, 1.54) is 40.0 Å². The average Bonchev–Trinajstić information content (AvgIpc) is 2.75. The van der Waals surface area contributed by atoms with Crippen LogP contribution in [0.4, 0.5) is 17.1 Å². The van der Waals surface area contributed by atoms with Crippen LogP contribution in [-0.2, 0) is 12.8 Å². The first-order valence-corrected chi connectivity index (χ1v) is 11.3. The predicted octanol–water partition coefficient (Wildman–Crippen LogP) is 5.16. The van der Waals surface area contributed by atoms with Gasteiger partial charge in [-0.3, -0.25) is 4.98 Å². The number of hydrogen-bond acceptors (Lipinski definition) is 4. The number of nitrogens with one attached hydrogen (secondary N) is 1. The number of anilines is 3. The lowest BCUT2D eigenvalue weighted by atomic mass is 9.85. The van der Waals surface area contributed by atoms with Crippen molar-refractivity contribution in [1.82, 2.24) is 9.88 Å². The van der Waals surface area contributed by atoms with E-state index in [0.29, 0.717) is 5.92 Å². The van der Waals surface area contributed by atoms with E-state index in [-0.39, 0.29) is 0 Å². The van der Waals surface area contributed by atoms with Crippen LogP contribution in [0.25, 0.3) is 10.9 Å². The normalized spacial score (nSPS) is 19.7. The van der Waals surface area contributed by atoms with E-state index in [9.17, 15) is 0 Å². The van der Waals surface area contributed by atoms with Crippen LogP contribution >= 0.6 is 0 Å². The van der Waals surface area contributed by atoms with Gasteiger partial charge in [0.15, 0.2) is 0 Å². The van der Waals surface area contributed by atoms with Gasteiger partial charge in [-0.05, 0) is 81.1 Å². The summed E-state index contributed by atoms with van der Waals surface area (Å²) in [6.07, 6.45) is 3.42. The highest BCUT2D eigenvalue weighted by Gasteiger charge is 2.22. The maximum Gasteiger partial charge on any atom is 0.0726 e. The van der Waals surface area contributed by atoms with Gasteiger partial charge < -0.3 is 15.1 Å². The summed E-state index contributed by atoms with van der Waals surface area (Å²) >= 11 is 0. The molecule has 4 heteroatoms. The first kappa shape index (κ1) is 19.4. The Morgan fingerprint density at radius 2 is 1.77 bits per heavy atom. The summed E-state index contributed by atoms with van der Waals surface area (Å²) in [5.74, 6) is 0.710. The van der Waals surface area contributed by atoms with Crippen LogP contribution < -0.4 is 10.2 Å². The average molecular weight is 401 g/mol. The second-order valence-corrected chi connectivity index (χ2v) is 9.24. The van der Waals surface area contributed by atoms with Crippen LogP contribution in [0.2, 0.25) is 0 Å². The molecule has 3 aromatic rings. The second-order valence-electron chi connectivity index (χ2n) is 9.24. The fraction of sp³-hybridized carbons (Fsp3) is 0.423. The molecule has 0 amide bonds. The Morgan fingerprint density at radius 3 is 2.53 bits per heavy atom. The largest absolute Gasteiger partial charge is 0.369 e. The van der Waals surface area contributed by atoms with Crippen molar-refractivity contribution in [2.24, 2.45) is 5.92 Å². The molecule has 1 unspecified atom stereocenters. The van der Waals surface area contributed by atoms with Gasteiger partial charge in [0.25, 0.3) is 0 Å². The number of pyridine rings is 1. The molecule has 1 saturated heterocycles. The Kier molecular flexibility index (Phi) is 5.11. The summed E-state index contributed by atoms with van der Waals surface area (Å²) in [5.41, 5.74) is 8.81. The number of piperazine rings is 1. The number of fused-ring (bicyclic) bond motifs is 2. The van der Waals surface area contributed by atoms with Crippen molar-refractivity contribution in [3.05, 3.63) is 59.3 Å². The first-order valence-electron chi connectivity index (χ1n) is 11.3. The molecular formula is C26H32N4. The van der Waals surface area contributed by atoms with Crippen molar-refractivity contribution >= 4 is 28.0 Å². The van der Waals surface area contributed by atoms with Crippen molar-refractivity contribution in [2.75, 3.05) is 43.4 Å². The molecule has 5 rings (SSSR count). The third-order valence-corrected chi connectivity index (χ3v) is 6.76. The maximum atomic E-state index is 5.02. The topological polar surface area (TPSA) is 31.4 Å². The van der Waals surface area contributed by atoms with Crippen LogP contribution in [0, 0.1) is 12.8 Å². The molecule has 1 fully saturated rings. The molecule has 30 heavy (non-hydrogen) atoms. The molecule has 4 nitrogen and oxygen atoms in total. The molecule has 1 atom stereocenters. The third kappa shape index (κ3) is 3.77. The molecular weight excluding hydrogens is 368 g/mol. The van der Waals surface area contributed by atoms with Crippen molar-refractivity contribution < 1.29 is 0 Å². The summed E-state index contributed by atoms with van der Waals surface area (Å²) in [6, 6.07) is 15.6. The van der Waals surface area contributed by atoms with E-state index in [1.807, 2.05) is 0 Å². The number of rotatable bonds is 3. The molecule has 1 N–H and O–H groups in total. The molecule has 0 spiro atoms. The van der Waals surface area contributed by atoms with Crippen LogP contribution in [0.5, 0.6) is 0 Å². The molecule has 2 aliphatic rings. The Labute approximate surface area is 179 Å². The molecule has 1 aliphatic heterocycles. The number of benzene rings is 2. The van der Waals surface area contributed by atoms with E-state index < -0.39 is 0 Å². The smallest absolute Gasteiger partial charge is 0.0726 e. The Bertz CT molecular complexity index is 1050. The summed E-state index contributed by atoms with van der Waals surface area (Å²) < 4.78 is 0. The first-order chi connectivity index (χ1) is 14.6. The zero-order chi connectivity index (χ0) is 20.7. The van der Waals surface area contributed by atoms with Crippen LogP contribution in [0.15, 0.2) is 42.5 Å². The second kappa shape index (κ2) is 7.92. The van der Waals surface area contributed by atoms with Crippen LogP contribution in [0.1, 0.15) is 30.2 Å². The summed E-state index contributed by atoms with van der Waals surface area (Å²) in [5, 5.41) is 5.03. The van der Waals surface area contributed by atoms with E-state index in [2.05, 4.69) is 78.5 Å². The van der Waals surface area contributed by atoms with E-state index in [0.717, 1.165) is 50.2 Å². The summed E-state index contributed by atoms with van der Waals surface area (Å²) in [7, 11) is 2.20. The summed E-state index contributed by atoms with van der Waals surface area (Å²) in [6.45, 7) is 8.99. The van der Waals surface area contributed by atoms with Crippen LogP contribution in [0.3, 0.4) is 0 Å². The fourth-order valence-corrected chi connectivity index (χ4v) is 4.83. The Hall–Kier alpha value is -2.59. The quantitative estimate of drug-likeness (QED) is 0.658. The molecule has 1 aromatic heterocycles. The monoisotopic (exact) mass is 400 g/mol. The Morgan fingerprint density at radius 1 is 1.00 bits per heavy atom. The molecule has 0 saturated carbocycles. The van der Waals surface area contributed by atoms with E-state index in [1.54, 1.807) is 0 Å². The van der Waals surface area contributed by atoms with Gasteiger partial charge in [-0.15, -0.1) is 0 Å². The van der Waals surface area contributed by atoms with Crippen LogP contribution in [-0.4, -0.2) is 43.1 Å².